The van der Waals surface area contributed by atoms with Crippen LogP contribution in [0.3, 0.4) is 0 Å². The molecule has 2 aromatic rings. The van der Waals surface area contributed by atoms with Crippen LogP contribution >= 0.6 is 0 Å². The maximum absolute atomic E-state index is 12.0. The molecule has 0 saturated carbocycles. The number of amides is 1. The summed E-state index contributed by atoms with van der Waals surface area (Å²) in [6.45, 7) is 0.734. The highest BCUT2D eigenvalue weighted by molar-refractivity contribution is 5.94. The molecule has 4 nitrogen and oxygen atoms in total. The Hall–Kier alpha value is -2.20. The summed E-state index contributed by atoms with van der Waals surface area (Å²) in [5.74, 6) is -1.46. The lowest BCUT2D eigenvalue weighted by Gasteiger charge is -2.23. The molecule has 0 aliphatic heterocycles. The molecular weight excluding hydrogens is 276 g/mol. The lowest BCUT2D eigenvalue weighted by atomic mass is 9.82. The van der Waals surface area contributed by atoms with Crippen molar-refractivity contribution < 1.29 is 9.59 Å². The molecule has 2 aromatic carbocycles. The Kier molecular flexibility index (Phi) is 5.28. The number of hydrogen-bond acceptors (Lipinski definition) is 3. The van der Waals surface area contributed by atoms with E-state index < -0.39 is 17.7 Å². The lowest BCUT2D eigenvalue weighted by Crippen LogP contribution is -2.31. The van der Waals surface area contributed by atoms with E-state index in [-0.39, 0.29) is 0 Å². The Balaban J connectivity index is 2.45. The van der Waals surface area contributed by atoms with Crippen LogP contribution in [0.2, 0.25) is 0 Å². The molecule has 0 spiro atoms. The first-order chi connectivity index (χ1) is 10.5. The van der Waals surface area contributed by atoms with Gasteiger partial charge in [0.15, 0.2) is 0 Å². The van der Waals surface area contributed by atoms with Gasteiger partial charge in [0.05, 0.1) is 5.92 Å². The van der Waals surface area contributed by atoms with Crippen LogP contribution < -0.4 is 5.73 Å². The Labute approximate surface area is 130 Å². The average Bonchev–Trinajstić information content (AvgIpc) is 2.50. The van der Waals surface area contributed by atoms with Crippen LogP contribution in [0.1, 0.15) is 17.9 Å². The van der Waals surface area contributed by atoms with Crippen LogP contribution in [0.25, 0.3) is 10.8 Å². The van der Waals surface area contributed by atoms with Gasteiger partial charge >= 0.3 is 0 Å². The maximum atomic E-state index is 12.0. The average molecular weight is 298 g/mol. The van der Waals surface area contributed by atoms with Gasteiger partial charge in [0.25, 0.3) is 0 Å². The number of rotatable bonds is 7. The van der Waals surface area contributed by atoms with Crippen molar-refractivity contribution >= 4 is 23.0 Å². The van der Waals surface area contributed by atoms with Crippen molar-refractivity contribution in [2.75, 3.05) is 20.6 Å². The molecule has 2 unspecified atom stereocenters. The van der Waals surface area contributed by atoms with Gasteiger partial charge in [-0.05, 0) is 43.4 Å². The van der Waals surface area contributed by atoms with E-state index in [2.05, 4.69) is 0 Å². The van der Waals surface area contributed by atoms with Gasteiger partial charge in [0, 0.05) is 5.92 Å². The van der Waals surface area contributed by atoms with E-state index in [1.807, 2.05) is 61.5 Å². The van der Waals surface area contributed by atoms with E-state index in [1.165, 1.54) is 0 Å². The molecule has 1 amide bonds. The molecule has 4 heteroatoms. The van der Waals surface area contributed by atoms with Crippen molar-refractivity contribution in [3.8, 4) is 0 Å². The van der Waals surface area contributed by atoms with Crippen LogP contribution in [0.4, 0.5) is 0 Å². The third-order valence-electron chi connectivity index (χ3n) is 3.98. The van der Waals surface area contributed by atoms with E-state index in [1.54, 1.807) is 0 Å². The predicted octanol–water partition coefficient (Wildman–Crippen LogP) is 2.18. The molecule has 2 N–H and O–H groups in total. The molecule has 0 aromatic heterocycles. The highest BCUT2D eigenvalue weighted by Gasteiger charge is 2.29. The molecule has 0 heterocycles. The van der Waals surface area contributed by atoms with Gasteiger partial charge in [0.1, 0.15) is 6.29 Å². The lowest BCUT2D eigenvalue weighted by molar-refractivity contribution is -0.124. The number of fused-ring (bicyclic) bond motifs is 1. The van der Waals surface area contributed by atoms with Crippen LogP contribution in [0.5, 0.6) is 0 Å². The van der Waals surface area contributed by atoms with Gasteiger partial charge in [-0.3, -0.25) is 4.79 Å². The second-order valence-electron chi connectivity index (χ2n) is 5.84. The smallest absolute Gasteiger partial charge is 0.225 e. The summed E-state index contributed by atoms with van der Waals surface area (Å²) in [5, 5.41) is 2.02. The maximum Gasteiger partial charge on any atom is 0.225 e. The van der Waals surface area contributed by atoms with Crippen LogP contribution in [-0.2, 0) is 9.59 Å². The topological polar surface area (TPSA) is 63.4 Å². The molecule has 2 atom stereocenters. The van der Waals surface area contributed by atoms with Crippen LogP contribution in [0.15, 0.2) is 42.5 Å². The van der Waals surface area contributed by atoms with E-state index in [0.717, 1.165) is 29.2 Å². The number of nitrogens with two attached hydrogens (primary N) is 1. The molecule has 0 fully saturated rings. The molecule has 0 bridgehead atoms. The number of carbonyl (C=O) groups excluding carboxylic acids is 2. The summed E-state index contributed by atoms with van der Waals surface area (Å²) in [6, 6.07) is 13.6. The number of hydrogen-bond donors (Lipinski definition) is 1. The molecule has 0 radical (unpaired) electrons. The molecule has 0 aliphatic carbocycles. The Bertz CT molecular complexity index is 662. The van der Waals surface area contributed by atoms with E-state index >= 15 is 0 Å². The monoisotopic (exact) mass is 298 g/mol. The van der Waals surface area contributed by atoms with Crippen LogP contribution in [-0.4, -0.2) is 37.7 Å². The van der Waals surface area contributed by atoms with Crippen molar-refractivity contribution in [2.24, 2.45) is 11.7 Å². The van der Waals surface area contributed by atoms with Gasteiger partial charge in [0.2, 0.25) is 5.91 Å². The molecule has 22 heavy (non-hydrogen) atoms. The Morgan fingerprint density at radius 3 is 2.50 bits per heavy atom. The molecule has 0 saturated heterocycles. The number of benzene rings is 2. The first-order valence-electron chi connectivity index (χ1n) is 7.41. The fourth-order valence-corrected chi connectivity index (χ4v) is 2.84. The van der Waals surface area contributed by atoms with E-state index in [9.17, 15) is 9.59 Å². The van der Waals surface area contributed by atoms with Crippen molar-refractivity contribution in [1.82, 2.24) is 4.90 Å². The van der Waals surface area contributed by atoms with Crippen molar-refractivity contribution in [3.05, 3.63) is 48.0 Å². The summed E-state index contributed by atoms with van der Waals surface area (Å²) in [5.41, 5.74) is 6.47. The number of primary amides is 1. The first-order valence-corrected chi connectivity index (χ1v) is 7.41. The van der Waals surface area contributed by atoms with Gasteiger partial charge in [-0.25, -0.2) is 0 Å². The van der Waals surface area contributed by atoms with Gasteiger partial charge in [-0.1, -0.05) is 42.5 Å². The Morgan fingerprint density at radius 1 is 1.18 bits per heavy atom. The molecule has 116 valence electrons. The van der Waals surface area contributed by atoms with Gasteiger partial charge in [-0.2, -0.15) is 0 Å². The fraction of sp³-hybridized carbons (Fsp3) is 0.333. The number of carbonyl (C=O) groups is 2. The quantitative estimate of drug-likeness (QED) is 0.797. The summed E-state index contributed by atoms with van der Waals surface area (Å²) in [4.78, 5) is 25.6. The third-order valence-corrected chi connectivity index (χ3v) is 3.98. The predicted molar refractivity (Wildman–Crippen MR) is 88.6 cm³/mol. The SMILES string of the molecule is CN(C)CCC(C=O)C(C(N)=O)c1cccc2ccccc12. The van der Waals surface area contributed by atoms with E-state index in [4.69, 9.17) is 5.73 Å². The van der Waals surface area contributed by atoms with Crippen molar-refractivity contribution in [1.29, 1.82) is 0 Å². The zero-order chi connectivity index (χ0) is 16.1. The Morgan fingerprint density at radius 2 is 1.86 bits per heavy atom. The van der Waals surface area contributed by atoms with Gasteiger partial charge < -0.3 is 15.4 Å². The standard InChI is InChI=1S/C18H22N2O2/c1-20(2)11-10-14(12-21)17(18(19)22)16-9-5-7-13-6-3-4-8-15(13)16/h3-9,12,14,17H,10-11H2,1-2H3,(H2,19,22). The largest absolute Gasteiger partial charge is 0.369 e. The zero-order valence-electron chi connectivity index (χ0n) is 13.0. The summed E-state index contributed by atoms with van der Waals surface area (Å²) < 4.78 is 0. The molecule has 0 aliphatic rings. The molecular formula is C18H22N2O2. The van der Waals surface area contributed by atoms with Crippen molar-refractivity contribution in [3.63, 3.8) is 0 Å². The first kappa shape index (κ1) is 16.2. The number of aldehydes is 1. The minimum absolute atomic E-state index is 0.411. The fourth-order valence-electron chi connectivity index (χ4n) is 2.84. The zero-order valence-corrected chi connectivity index (χ0v) is 13.0. The molecule has 2 rings (SSSR count). The minimum Gasteiger partial charge on any atom is -0.369 e. The second-order valence-corrected chi connectivity index (χ2v) is 5.84. The minimum atomic E-state index is -0.594. The van der Waals surface area contributed by atoms with Crippen LogP contribution in [0, 0.1) is 5.92 Å². The number of nitrogens with zero attached hydrogens (tertiary/aromatic N) is 1. The summed E-state index contributed by atoms with van der Waals surface area (Å²) in [7, 11) is 3.89. The summed E-state index contributed by atoms with van der Waals surface area (Å²) in [6.07, 6.45) is 1.47. The second kappa shape index (κ2) is 7.18. The normalized spacial score (nSPS) is 14.0. The third kappa shape index (κ3) is 3.52. The van der Waals surface area contributed by atoms with Gasteiger partial charge in [-0.15, -0.1) is 0 Å². The highest BCUT2D eigenvalue weighted by atomic mass is 16.1. The summed E-state index contributed by atoms with van der Waals surface area (Å²) >= 11 is 0. The van der Waals surface area contributed by atoms with Crippen molar-refractivity contribution in [2.45, 2.75) is 12.3 Å². The van der Waals surface area contributed by atoms with E-state index in [0.29, 0.717) is 6.42 Å². The highest BCUT2D eigenvalue weighted by Crippen LogP contribution is 2.31.